The summed E-state index contributed by atoms with van der Waals surface area (Å²) in [7, 11) is 0. The Kier molecular flexibility index (Phi) is 3.31. The third kappa shape index (κ3) is 2.96. The maximum absolute atomic E-state index is 12.3. The van der Waals surface area contributed by atoms with E-state index < -0.39 is 0 Å². The van der Waals surface area contributed by atoms with Gasteiger partial charge in [-0.1, -0.05) is 0 Å². The monoisotopic (exact) mass is 233 g/mol. The number of carbonyl (C=O) groups is 1. The lowest BCUT2D eigenvalue weighted by Gasteiger charge is -2.26. The molecule has 0 radical (unpaired) electrons. The van der Waals surface area contributed by atoms with Crippen molar-refractivity contribution in [2.24, 2.45) is 5.92 Å². The van der Waals surface area contributed by atoms with E-state index in [4.69, 9.17) is 5.73 Å². The topological polar surface area (TPSA) is 59.2 Å². The van der Waals surface area contributed by atoms with Crippen molar-refractivity contribution < 1.29 is 4.79 Å². The van der Waals surface area contributed by atoms with Crippen LogP contribution in [0.4, 0.5) is 5.69 Å². The van der Waals surface area contributed by atoms with Gasteiger partial charge in [-0.3, -0.25) is 4.79 Å². The number of amides is 1. The number of hydrogen-bond acceptors (Lipinski definition) is 3. The van der Waals surface area contributed by atoms with Crippen molar-refractivity contribution in [2.75, 3.05) is 12.3 Å². The van der Waals surface area contributed by atoms with Crippen LogP contribution in [0, 0.1) is 5.92 Å². The number of hydrogen-bond donors (Lipinski definition) is 1. The number of pyridine rings is 1. The summed E-state index contributed by atoms with van der Waals surface area (Å²) in [4.78, 5) is 18.3. The Balaban J connectivity index is 2.11. The number of nitrogen functional groups attached to an aromatic ring is 1. The van der Waals surface area contributed by atoms with Crippen molar-refractivity contribution in [1.29, 1.82) is 0 Å². The maximum Gasteiger partial charge on any atom is 0.272 e. The van der Waals surface area contributed by atoms with Crippen LogP contribution in [0.5, 0.6) is 0 Å². The summed E-state index contributed by atoms with van der Waals surface area (Å²) in [6.45, 7) is 4.93. The molecule has 1 aromatic heterocycles. The number of nitrogens with zero attached hydrogens (tertiary/aromatic N) is 2. The fourth-order valence-electron chi connectivity index (χ4n) is 1.79. The van der Waals surface area contributed by atoms with Gasteiger partial charge in [0, 0.05) is 12.6 Å². The van der Waals surface area contributed by atoms with Crippen molar-refractivity contribution in [3.8, 4) is 0 Å². The van der Waals surface area contributed by atoms with Crippen LogP contribution in [-0.2, 0) is 0 Å². The lowest BCUT2D eigenvalue weighted by Crippen LogP contribution is -2.38. The number of nitrogens with two attached hydrogens (primary N) is 1. The Bertz CT molecular complexity index is 396. The molecule has 92 valence electrons. The van der Waals surface area contributed by atoms with Crippen LogP contribution >= 0.6 is 0 Å². The standard InChI is InChI=1S/C13H19N3O/c1-9(2)16(8-10-3-4-10)13(17)12-6-5-11(14)7-15-12/h5-7,9-10H,3-4,8,14H2,1-2H3. The van der Waals surface area contributed by atoms with Gasteiger partial charge >= 0.3 is 0 Å². The van der Waals surface area contributed by atoms with E-state index in [1.807, 2.05) is 18.7 Å². The highest BCUT2D eigenvalue weighted by atomic mass is 16.2. The Labute approximate surface area is 102 Å². The first kappa shape index (κ1) is 11.9. The van der Waals surface area contributed by atoms with Crippen LogP contribution in [0.15, 0.2) is 18.3 Å². The quantitative estimate of drug-likeness (QED) is 0.864. The molecule has 0 spiro atoms. The minimum atomic E-state index is 0.00639. The molecule has 1 aromatic rings. The third-order valence-electron chi connectivity index (χ3n) is 3.04. The molecule has 0 aromatic carbocycles. The van der Waals surface area contributed by atoms with Gasteiger partial charge in [0.2, 0.25) is 0 Å². The van der Waals surface area contributed by atoms with Crippen molar-refractivity contribution in [1.82, 2.24) is 9.88 Å². The Morgan fingerprint density at radius 3 is 2.71 bits per heavy atom. The van der Waals surface area contributed by atoms with E-state index in [9.17, 15) is 4.79 Å². The fraction of sp³-hybridized carbons (Fsp3) is 0.538. The molecule has 4 nitrogen and oxygen atoms in total. The van der Waals surface area contributed by atoms with Gasteiger partial charge < -0.3 is 10.6 Å². The average Bonchev–Trinajstić information content (AvgIpc) is 3.09. The molecule has 1 heterocycles. The summed E-state index contributed by atoms with van der Waals surface area (Å²) in [5, 5.41) is 0. The highest BCUT2D eigenvalue weighted by Gasteiger charge is 2.29. The van der Waals surface area contributed by atoms with Gasteiger partial charge in [-0.2, -0.15) is 0 Å². The van der Waals surface area contributed by atoms with E-state index in [0.717, 1.165) is 6.54 Å². The second kappa shape index (κ2) is 4.73. The summed E-state index contributed by atoms with van der Waals surface area (Å²) in [6.07, 6.45) is 4.01. The molecule has 1 amide bonds. The first-order valence-corrected chi connectivity index (χ1v) is 6.10. The van der Waals surface area contributed by atoms with Crippen LogP contribution in [0.3, 0.4) is 0 Å². The zero-order chi connectivity index (χ0) is 12.4. The smallest absolute Gasteiger partial charge is 0.272 e. The zero-order valence-corrected chi connectivity index (χ0v) is 10.4. The van der Waals surface area contributed by atoms with E-state index in [1.54, 1.807) is 12.1 Å². The maximum atomic E-state index is 12.3. The van der Waals surface area contributed by atoms with Gasteiger partial charge in [-0.05, 0) is 44.7 Å². The summed E-state index contributed by atoms with van der Waals surface area (Å²) in [5.74, 6) is 0.696. The van der Waals surface area contributed by atoms with Crippen molar-refractivity contribution in [2.45, 2.75) is 32.7 Å². The summed E-state index contributed by atoms with van der Waals surface area (Å²) in [6, 6.07) is 3.62. The molecule has 0 bridgehead atoms. The molecule has 0 aliphatic heterocycles. The van der Waals surface area contributed by atoms with Crippen LogP contribution in [0.2, 0.25) is 0 Å². The van der Waals surface area contributed by atoms with Crippen LogP contribution in [0.1, 0.15) is 37.2 Å². The molecule has 17 heavy (non-hydrogen) atoms. The highest BCUT2D eigenvalue weighted by Crippen LogP contribution is 2.30. The number of rotatable bonds is 4. The van der Waals surface area contributed by atoms with E-state index in [1.165, 1.54) is 19.0 Å². The second-order valence-corrected chi connectivity index (χ2v) is 4.97. The van der Waals surface area contributed by atoms with Gasteiger partial charge in [-0.15, -0.1) is 0 Å². The largest absolute Gasteiger partial charge is 0.397 e. The third-order valence-corrected chi connectivity index (χ3v) is 3.04. The van der Waals surface area contributed by atoms with Gasteiger partial charge in [0.15, 0.2) is 0 Å². The van der Waals surface area contributed by atoms with E-state index in [0.29, 0.717) is 17.3 Å². The average molecular weight is 233 g/mol. The van der Waals surface area contributed by atoms with Crippen molar-refractivity contribution in [3.63, 3.8) is 0 Å². The highest BCUT2D eigenvalue weighted by molar-refractivity contribution is 5.92. The molecular weight excluding hydrogens is 214 g/mol. The number of aromatic nitrogens is 1. The normalized spacial score (nSPS) is 15.0. The van der Waals surface area contributed by atoms with Crippen LogP contribution in [0.25, 0.3) is 0 Å². The summed E-state index contributed by atoms with van der Waals surface area (Å²) < 4.78 is 0. The van der Waals surface area contributed by atoms with E-state index in [-0.39, 0.29) is 11.9 Å². The van der Waals surface area contributed by atoms with Crippen LogP contribution in [-0.4, -0.2) is 28.4 Å². The van der Waals surface area contributed by atoms with Crippen molar-refractivity contribution in [3.05, 3.63) is 24.0 Å². The molecule has 2 N–H and O–H groups in total. The first-order chi connectivity index (χ1) is 8.08. The summed E-state index contributed by atoms with van der Waals surface area (Å²) in [5.41, 5.74) is 6.63. The van der Waals surface area contributed by atoms with Gasteiger partial charge in [0.1, 0.15) is 5.69 Å². The molecule has 1 saturated carbocycles. The predicted molar refractivity (Wildman–Crippen MR) is 67.5 cm³/mol. The minimum Gasteiger partial charge on any atom is -0.397 e. The molecule has 0 unspecified atom stereocenters. The predicted octanol–water partition coefficient (Wildman–Crippen LogP) is 1.92. The number of anilines is 1. The van der Waals surface area contributed by atoms with Crippen molar-refractivity contribution >= 4 is 11.6 Å². The molecule has 2 rings (SSSR count). The molecule has 1 aliphatic carbocycles. The lowest BCUT2D eigenvalue weighted by atomic mass is 10.2. The zero-order valence-electron chi connectivity index (χ0n) is 10.4. The summed E-state index contributed by atoms with van der Waals surface area (Å²) >= 11 is 0. The van der Waals surface area contributed by atoms with Crippen LogP contribution < -0.4 is 5.73 Å². The molecule has 0 saturated heterocycles. The second-order valence-electron chi connectivity index (χ2n) is 4.97. The molecule has 4 heteroatoms. The minimum absolute atomic E-state index is 0.00639. The molecule has 0 atom stereocenters. The van der Waals surface area contributed by atoms with E-state index in [2.05, 4.69) is 4.98 Å². The Morgan fingerprint density at radius 1 is 1.53 bits per heavy atom. The molecule has 1 aliphatic rings. The van der Waals surface area contributed by atoms with Gasteiger partial charge in [0.05, 0.1) is 11.9 Å². The molecular formula is C13H19N3O. The first-order valence-electron chi connectivity index (χ1n) is 6.10. The number of carbonyl (C=O) groups excluding carboxylic acids is 1. The fourth-order valence-corrected chi connectivity index (χ4v) is 1.79. The lowest BCUT2D eigenvalue weighted by molar-refractivity contribution is 0.0690. The van der Waals surface area contributed by atoms with E-state index >= 15 is 0 Å². The van der Waals surface area contributed by atoms with Gasteiger partial charge in [0.25, 0.3) is 5.91 Å². The Morgan fingerprint density at radius 2 is 2.24 bits per heavy atom. The Hall–Kier alpha value is -1.58. The SMILES string of the molecule is CC(C)N(CC1CC1)C(=O)c1ccc(N)cn1. The van der Waals surface area contributed by atoms with Gasteiger partial charge in [-0.25, -0.2) is 4.98 Å². The molecule has 1 fully saturated rings.